The van der Waals surface area contributed by atoms with Crippen molar-refractivity contribution >= 4 is 32.6 Å². The first-order chi connectivity index (χ1) is 11.1. The minimum atomic E-state index is -0.298. The molecular weight excluding hydrogens is 317 g/mol. The van der Waals surface area contributed by atoms with Crippen LogP contribution in [0.2, 0.25) is 0 Å². The van der Waals surface area contributed by atoms with Gasteiger partial charge in [-0.2, -0.15) is 0 Å². The molecule has 5 nitrogen and oxygen atoms in total. The molecule has 0 radical (unpaired) electrons. The van der Waals surface area contributed by atoms with Crippen LogP contribution in [0.15, 0.2) is 18.2 Å². The van der Waals surface area contributed by atoms with Crippen LogP contribution in [-0.2, 0) is 9.53 Å². The quantitative estimate of drug-likeness (QED) is 0.932. The van der Waals surface area contributed by atoms with E-state index < -0.39 is 0 Å². The Bertz CT molecular complexity index is 698. The summed E-state index contributed by atoms with van der Waals surface area (Å²) in [5.41, 5.74) is 0.695. The summed E-state index contributed by atoms with van der Waals surface area (Å²) in [5, 5.41) is 3.35. The van der Waals surface area contributed by atoms with Gasteiger partial charge < -0.3 is 10.1 Å². The summed E-state index contributed by atoms with van der Waals surface area (Å²) in [5.74, 6) is -0.381. The van der Waals surface area contributed by atoms with E-state index in [9.17, 15) is 9.18 Å². The Hall–Kier alpha value is -1.57. The van der Waals surface area contributed by atoms with Gasteiger partial charge in [-0.05, 0) is 38.0 Å². The molecule has 1 aliphatic heterocycles. The number of anilines is 1. The van der Waals surface area contributed by atoms with Crippen molar-refractivity contribution in [3.63, 3.8) is 0 Å². The van der Waals surface area contributed by atoms with E-state index in [2.05, 4.69) is 15.2 Å². The van der Waals surface area contributed by atoms with Crippen molar-refractivity contribution < 1.29 is 13.9 Å². The molecular formula is C16H20FN3O2S. The smallest absolute Gasteiger partial charge is 0.243 e. The number of amides is 1. The molecule has 1 saturated heterocycles. The summed E-state index contributed by atoms with van der Waals surface area (Å²) in [7, 11) is 1.73. The van der Waals surface area contributed by atoms with Gasteiger partial charge in [0.25, 0.3) is 0 Å². The lowest BCUT2D eigenvalue weighted by atomic mass is 10.1. The third kappa shape index (κ3) is 3.68. The summed E-state index contributed by atoms with van der Waals surface area (Å²) in [4.78, 5) is 18.9. The van der Waals surface area contributed by atoms with Gasteiger partial charge in [0.1, 0.15) is 5.82 Å². The number of thiazole rings is 1. The number of carbonyl (C=O) groups excluding carboxylic acids is 1. The summed E-state index contributed by atoms with van der Waals surface area (Å²) < 4.78 is 19.3. The molecule has 2 heterocycles. The molecule has 1 N–H and O–H groups in total. The zero-order valence-electron chi connectivity index (χ0n) is 13.2. The molecule has 0 bridgehead atoms. The second-order valence-corrected chi connectivity index (χ2v) is 6.80. The number of halogens is 1. The van der Waals surface area contributed by atoms with Crippen molar-refractivity contribution in [1.82, 2.24) is 9.88 Å². The van der Waals surface area contributed by atoms with E-state index in [1.807, 2.05) is 6.92 Å². The lowest BCUT2D eigenvalue weighted by Gasteiger charge is -2.34. The molecule has 7 heteroatoms. The zero-order valence-corrected chi connectivity index (χ0v) is 14.0. The fourth-order valence-electron chi connectivity index (χ4n) is 2.83. The van der Waals surface area contributed by atoms with Gasteiger partial charge in [0, 0.05) is 20.2 Å². The Morgan fingerprint density at radius 2 is 2.22 bits per heavy atom. The van der Waals surface area contributed by atoms with Gasteiger partial charge in [0.15, 0.2) is 5.13 Å². The van der Waals surface area contributed by atoms with Gasteiger partial charge in [-0.15, -0.1) is 0 Å². The molecule has 1 atom stereocenters. The number of hydrogen-bond donors (Lipinski definition) is 1. The number of carbonyl (C=O) groups is 1. The highest BCUT2D eigenvalue weighted by Gasteiger charge is 2.27. The molecule has 0 aliphatic carbocycles. The van der Waals surface area contributed by atoms with Crippen LogP contribution >= 0.6 is 11.3 Å². The van der Waals surface area contributed by atoms with Crippen LogP contribution in [-0.4, -0.2) is 48.1 Å². The highest BCUT2D eigenvalue weighted by atomic mass is 32.1. The van der Waals surface area contributed by atoms with Crippen molar-refractivity contribution in [2.75, 3.05) is 25.5 Å². The number of likely N-dealkylation sites (tertiary alicyclic amines) is 1. The number of methoxy groups -OCH3 is 1. The van der Waals surface area contributed by atoms with Gasteiger partial charge in [0.2, 0.25) is 5.91 Å². The molecule has 1 aromatic carbocycles. The first-order valence-electron chi connectivity index (χ1n) is 7.70. The van der Waals surface area contributed by atoms with Gasteiger partial charge >= 0.3 is 0 Å². The average molecular weight is 337 g/mol. The molecule has 124 valence electrons. The number of fused-ring (bicyclic) bond motifs is 1. The molecule has 0 spiro atoms. The molecule has 3 rings (SSSR count). The van der Waals surface area contributed by atoms with E-state index in [4.69, 9.17) is 4.74 Å². The highest BCUT2D eigenvalue weighted by Crippen LogP contribution is 2.27. The first-order valence-corrected chi connectivity index (χ1v) is 8.52. The molecule has 1 aromatic heterocycles. The van der Waals surface area contributed by atoms with E-state index >= 15 is 0 Å². The average Bonchev–Trinajstić information content (AvgIpc) is 2.95. The predicted octanol–water partition coefficient (Wildman–Crippen LogP) is 2.87. The Kier molecular flexibility index (Phi) is 4.89. The topological polar surface area (TPSA) is 54.5 Å². The molecule has 1 amide bonds. The molecule has 1 aliphatic rings. The summed E-state index contributed by atoms with van der Waals surface area (Å²) >= 11 is 1.29. The third-order valence-corrected chi connectivity index (χ3v) is 5.25. The van der Waals surface area contributed by atoms with Gasteiger partial charge in [-0.3, -0.25) is 9.69 Å². The van der Waals surface area contributed by atoms with Crippen LogP contribution in [0.4, 0.5) is 9.52 Å². The zero-order chi connectivity index (χ0) is 16.4. The number of ether oxygens (including phenoxy) is 1. The minimum Gasteiger partial charge on any atom is -0.381 e. The maximum absolute atomic E-state index is 13.2. The van der Waals surface area contributed by atoms with Gasteiger partial charge in [-0.1, -0.05) is 11.3 Å². The number of benzene rings is 1. The van der Waals surface area contributed by atoms with Gasteiger partial charge in [0.05, 0.1) is 22.4 Å². The number of piperidine rings is 1. The fourth-order valence-corrected chi connectivity index (χ4v) is 3.72. The van der Waals surface area contributed by atoms with Crippen LogP contribution in [0.5, 0.6) is 0 Å². The van der Waals surface area contributed by atoms with Gasteiger partial charge in [-0.25, -0.2) is 9.37 Å². The number of aromatic nitrogens is 1. The molecule has 0 saturated carbocycles. The van der Waals surface area contributed by atoms with Crippen molar-refractivity contribution in [3.8, 4) is 0 Å². The fraction of sp³-hybridized carbons (Fsp3) is 0.500. The largest absolute Gasteiger partial charge is 0.381 e. The van der Waals surface area contributed by atoms with Crippen LogP contribution in [0, 0.1) is 5.82 Å². The van der Waals surface area contributed by atoms with Crippen LogP contribution < -0.4 is 5.32 Å². The van der Waals surface area contributed by atoms with E-state index in [0.717, 1.165) is 30.6 Å². The second kappa shape index (κ2) is 6.90. The Labute approximate surface area is 138 Å². The Morgan fingerprint density at radius 1 is 1.48 bits per heavy atom. The van der Waals surface area contributed by atoms with E-state index in [-0.39, 0.29) is 17.8 Å². The van der Waals surface area contributed by atoms with E-state index in [0.29, 0.717) is 16.8 Å². The van der Waals surface area contributed by atoms with Crippen LogP contribution in [0.25, 0.3) is 10.2 Å². The normalized spacial score (nSPS) is 18.2. The molecule has 0 unspecified atom stereocenters. The maximum Gasteiger partial charge on any atom is 0.243 e. The van der Waals surface area contributed by atoms with Crippen molar-refractivity contribution in [2.24, 2.45) is 0 Å². The molecule has 2 aromatic rings. The monoisotopic (exact) mass is 337 g/mol. The van der Waals surface area contributed by atoms with E-state index in [1.165, 1.54) is 23.5 Å². The van der Waals surface area contributed by atoms with Crippen molar-refractivity contribution in [1.29, 1.82) is 0 Å². The predicted molar refractivity (Wildman–Crippen MR) is 89.3 cm³/mol. The number of nitrogens with one attached hydrogen (secondary N) is 1. The maximum atomic E-state index is 13.2. The number of nitrogens with zero attached hydrogens (tertiary/aromatic N) is 2. The second-order valence-electron chi connectivity index (χ2n) is 5.77. The summed E-state index contributed by atoms with van der Waals surface area (Å²) in [6, 6.07) is 4.20. The van der Waals surface area contributed by atoms with Crippen LogP contribution in [0.3, 0.4) is 0 Å². The Balaban J connectivity index is 1.63. The van der Waals surface area contributed by atoms with Crippen LogP contribution in [0.1, 0.15) is 19.8 Å². The standard InChI is InChI=1S/C16H20FN3O2S/c1-10(20-7-5-12(22-2)6-8-20)15(21)19-16-18-13-4-3-11(17)9-14(13)23-16/h3-4,9-10,12H,5-8H2,1-2H3,(H,18,19,21)/t10-/m1/s1. The molecule has 1 fully saturated rings. The van der Waals surface area contributed by atoms with Crippen molar-refractivity contribution in [2.45, 2.75) is 31.9 Å². The number of rotatable bonds is 4. The molecule has 23 heavy (non-hydrogen) atoms. The first kappa shape index (κ1) is 16.3. The lowest BCUT2D eigenvalue weighted by Crippen LogP contribution is -2.47. The number of hydrogen-bond acceptors (Lipinski definition) is 5. The van der Waals surface area contributed by atoms with Crippen molar-refractivity contribution in [3.05, 3.63) is 24.0 Å². The SMILES string of the molecule is COC1CCN([C@H](C)C(=O)Nc2nc3ccc(F)cc3s2)CC1. The van der Waals surface area contributed by atoms with E-state index in [1.54, 1.807) is 13.2 Å². The summed E-state index contributed by atoms with van der Waals surface area (Å²) in [6.45, 7) is 3.59. The summed E-state index contributed by atoms with van der Waals surface area (Å²) in [6.07, 6.45) is 2.17. The Morgan fingerprint density at radius 3 is 2.91 bits per heavy atom. The minimum absolute atomic E-state index is 0.0830. The third-order valence-electron chi connectivity index (χ3n) is 4.32. The highest BCUT2D eigenvalue weighted by molar-refractivity contribution is 7.22. The lowest BCUT2D eigenvalue weighted by molar-refractivity contribution is -0.121.